The molecule has 0 unspecified atom stereocenters. The molecule has 1 saturated heterocycles. The maximum absolute atomic E-state index is 9.13. The summed E-state index contributed by atoms with van der Waals surface area (Å²) in [4.78, 5) is 9.44. The van der Waals surface area contributed by atoms with Crippen molar-refractivity contribution in [2.24, 2.45) is 4.99 Å². The van der Waals surface area contributed by atoms with Gasteiger partial charge in [0.2, 0.25) is 0 Å². The van der Waals surface area contributed by atoms with Crippen molar-refractivity contribution in [1.29, 1.82) is 0 Å². The molecule has 0 atom stereocenters. The molecule has 0 aromatic heterocycles. The molecule has 5 nitrogen and oxygen atoms in total. The average Bonchev–Trinajstić information content (AvgIpc) is 2.79. The molecule has 0 aliphatic carbocycles. The van der Waals surface area contributed by atoms with Crippen LogP contribution in [-0.4, -0.2) is 60.1 Å². The third kappa shape index (κ3) is 3.35. The summed E-state index contributed by atoms with van der Waals surface area (Å²) >= 11 is 6.24. The Morgan fingerprint density at radius 2 is 1.84 bits per heavy atom. The van der Waals surface area contributed by atoms with E-state index in [2.05, 4.69) is 9.80 Å². The van der Waals surface area contributed by atoms with Gasteiger partial charge in [0.1, 0.15) is 17.3 Å². The van der Waals surface area contributed by atoms with Crippen LogP contribution in [-0.2, 0) is 0 Å². The highest BCUT2D eigenvalue weighted by atomic mass is 35.5. The highest BCUT2D eigenvalue weighted by molar-refractivity contribution is 6.31. The van der Waals surface area contributed by atoms with E-state index >= 15 is 0 Å². The van der Waals surface area contributed by atoms with Gasteiger partial charge in [-0.05, 0) is 30.3 Å². The molecule has 25 heavy (non-hydrogen) atoms. The summed E-state index contributed by atoms with van der Waals surface area (Å²) in [6, 6.07) is 13.5. The fraction of sp³-hybridized carbons (Fsp3) is 0.316. The van der Waals surface area contributed by atoms with Gasteiger partial charge in [0.05, 0.1) is 12.2 Å². The van der Waals surface area contributed by atoms with E-state index < -0.39 is 0 Å². The van der Waals surface area contributed by atoms with Crippen molar-refractivity contribution in [2.75, 3.05) is 39.3 Å². The normalized spacial score (nSPS) is 17.2. The molecule has 1 N–H and O–H groups in total. The number of nitrogens with zero attached hydrogens (tertiary/aromatic N) is 3. The Morgan fingerprint density at radius 3 is 2.64 bits per heavy atom. The van der Waals surface area contributed by atoms with Crippen LogP contribution in [0.2, 0.25) is 5.02 Å². The summed E-state index contributed by atoms with van der Waals surface area (Å²) < 4.78 is 6.09. The molecule has 0 spiro atoms. The third-order valence-corrected chi connectivity index (χ3v) is 4.82. The zero-order valence-corrected chi connectivity index (χ0v) is 14.6. The number of aliphatic hydroxyl groups is 1. The molecule has 6 heteroatoms. The standard InChI is InChI=1S/C19H20ClN3O2/c20-14-5-6-17-15(13-14)19(21-16-3-1-2-4-18(16)25-17)23-9-7-22(8-10-23)11-12-24/h1-6,13,24H,7-12H2. The lowest BCUT2D eigenvalue weighted by Gasteiger charge is -2.36. The number of rotatable bonds is 2. The van der Waals surface area contributed by atoms with Crippen LogP contribution in [0.4, 0.5) is 5.69 Å². The summed E-state index contributed by atoms with van der Waals surface area (Å²) in [5.41, 5.74) is 1.74. The van der Waals surface area contributed by atoms with Crippen LogP contribution in [0.5, 0.6) is 11.5 Å². The number of halogens is 1. The van der Waals surface area contributed by atoms with E-state index in [1.54, 1.807) is 0 Å². The Hall–Kier alpha value is -2.08. The van der Waals surface area contributed by atoms with E-state index in [1.807, 2.05) is 42.5 Å². The molecular weight excluding hydrogens is 338 g/mol. The summed E-state index contributed by atoms with van der Waals surface area (Å²) in [5.74, 6) is 2.41. The maximum atomic E-state index is 9.13. The fourth-order valence-electron chi connectivity index (χ4n) is 3.26. The number of amidine groups is 1. The van der Waals surface area contributed by atoms with Crippen LogP contribution in [0.25, 0.3) is 0 Å². The smallest absolute Gasteiger partial charge is 0.153 e. The topological polar surface area (TPSA) is 48.3 Å². The Labute approximate surface area is 152 Å². The highest BCUT2D eigenvalue weighted by Gasteiger charge is 2.25. The van der Waals surface area contributed by atoms with E-state index in [9.17, 15) is 0 Å². The molecule has 2 aliphatic rings. The van der Waals surface area contributed by atoms with Gasteiger partial charge in [-0.2, -0.15) is 0 Å². The second-order valence-corrected chi connectivity index (χ2v) is 6.63. The lowest BCUT2D eigenvalue weighted by molar-refractivity contribution is 0.147. The molecule has 0 amide bonds. The predicted molar refractivity (Wildman–Crippen MR) is 99.3 cm³/mol. The third-order valence-electron chi connectivity index (χ3n) is 4.58. The van der Waals surface area contributed by atoms with Gasteiger partial charge >= 0.3 is 0 Å². The van der Waals surface area contributed by atoms with Crippen molar-refractivity contribution < 1.29 is 9.84 Å². The molecule has 130 valence electrons. The predicted octanol–water partition coefficient (Wildman–Crippen LogP) is 3.13. The maximum Gasteiger partial charge on any atom is 0.153 e. The minimum Gasteiger partial charge on any atom is -0.454 e. The number of para-hydroxylation sites is 2. The number of benzene rings is 2. The quantitative estimate of drug-likeness (QED) is 0.897. The molecule has 2 aromatic rings. The van der Waals surface area contributed by atoms with Crippen LogP contribution in [0.1, 0.15) is 5.56 Å². The summed E-state index contributed by atoms with van der Waals surface area (Å²) in [7, 11) is 0. The number of hydrogen-bond acceptors (Lipinski definition) is 5. The molecule has 2 aliphatic heterocycles. The number of aliphatic imine (C=N–C) groups is 1. The minimum absolute atomic E-state index is 0.195. The number of aliphatic hydroxyl groups excluding tert-OH is 1. The van der Waals surface area contributed by atoms with Crippen LogP contribution >= 0.6 is 11.6 Å². The van der Waals surface area contributed by atoms with Gasteiger partial charge in [0.25, 0.3) is 0 Å². The van der Waals surface area contributed by atoms with Gasteiger partial charge in [0.15, 0.2) is 5.75 Å². The highest BCUT2D eigenvalue weighted by Crippen LogP contribution is 2.38. The lowest BCUT2D eigenvalue weighted by atomic mass is 10.1. The Morgan fingerprint density at radius 1 is 1.04 bits per heavy atom. The van der Waals surface area contributed by atoms with Crippen molar-refractivity contribution in [3.63, 3.8) is 0 Å². The molecule has 4 rings (SSSR count). The van der Waals surface area contributed by atoms with E-state index in [-0.39, 0.29) is 6.61 Å². The number of hydrogen-bond donors (Lipinski definition) is 1. The van der Waals surface area contributed by atoms with Gasteiger partial charge in [-0.15, -0.1) is 0 Å². The molecular formula is C19H20ClN3O2. The summed E-state index contributed by atoms with van der Waals surface area (Å²) in [5, 5.41) is 9.80. The van der Waals surface area contributed by atoms with Gasteiger partial charge in [-0.25, -0.2) is 4.99 Å². The van der Waals surface area contributed by atoms with Gasteiger partial charge < -0.3 is 14.7 Å². The van der Waals surface area contributed by atoms with Crippen LogP contribution < -0.4 is 4.74 Å². The lowest BCUT2D eigenvalue weighted by Crippen LogP contribution is -2.49. The number of β-amino-alcohol motifs (C(OH)–C–C–N with tert-alkyl or cyclic N) is 1. The van der Waals surface area contributed by atoms with Gasteiger partial charge in [-0.3, -0.25) is 4.90 Å². The second kappa shape index (κ2) is 7.04. The Balaban J connectivity index is 1.72. The first-order valence-corrected chi connectivity index (χ1v) is 8.86. The minimum atomic E-state index is 0.195. The van der Waals surface area contributed by atoms with Crippen LogP contribution in [0, 0.1) is 0 Å². The average molecular weight is 358 g/mol. The SMILES string of the molecule is OCCN1CCN(C2=Nc3ccccc3Oc3ccc(Cl)cc32)CC1. The monoisotopic (exact) mass is 357 g/mol. The van der Waals surface area contributed by atoms with E-state index in [0.29, 0.717) is 11.6 Å². The number of fused-ring (bicyclic) bond motifs is 2. The summed E-state index contributed by atoms with van der Waals surface area (Å²) in [6.07, 6.45) is 0. The molecule has 0 saturated carbocycles. The molecule has 2 aromatic carbocycles. The van der Waals surface area contributed by atoms with E-state index in [0.717, 1.165) is 54.8 Å². The molecule has 1 fully saturated rings. The Kier molecular flexibility index (Phi) is 4.61. The second-order valence-electron chi connectivity index (χ2n) is 6.20. The first kappa shape index (κ1) is 16.4. The zero-order valence-electron chi connectivity index (χ0n) is 13.9. The van der Waals surface area contributed by atoms with Crippen molar-refractivity contribution in [1.82, 2.24) is 9.80 Å². The Bertz CT molecular complexity index is 801. The molecule has 0 bridgehead atoms. The van der Waals surface area contributed by atoms with Crippen molar-refractivity contribution in [3.8, 4) is 11.5 Å². The van der Waals surface area contributed by atoms with Crippen molar-refractivity contribution >= 4 is 23.1 Å². The first-order valence-electron chi connectivity index (χ1n) is 8.48. The van der Waals surface area contributed by atoms with E-state index in [4.69, 9.17) is 26.4 Å². The first-order chi connectivity index (χ1) is 12.2. The largest absolute Gasteiger partial charge is 0.454 e. The van der Waals surface area contributed by atoms with Crippen LogP contribution in [0.3, 0.4) is 0 Å². The zero-order chi connectivity index (χ0) is 17.2. The molecule has 0 radical (unpaired) electrons. The number of piperazine rings is 1. The van der Waals surface area contributed by atoms with Gasteiger partial charge in [-0.1, -0.05) is 23.7 Å². The summed E-state index contributed by atoms with van der Waals surface area (Å²) in [6.45, 7) is 4.42. The van der Waals surface area contributed by atoms with E-state index in [1.165, 1.54) is 0 Å². The number of ether oxygens (including phenoxy) is 1. The van der Waals surface area contributed by atoms with Crippen LogP contribution in [0.15, 0.2) is 47.5 Å². The van der Waals surface area contributed by atoms with Gasteiger partial charge in [0, 0.05) is 37.7 Å². The fourth-order valence-corrected chi connectivity index (χ4v) is 3.43. The van der Waals surface area contributed by atoms with Crippen molar-refractivity contribution in [3.05, 3.63) is 53.1 Å². The molecule has 2 heterocycles. The van der Waals surface area contributed by atoms with Crippen molar-refractivity contribution in [2.45, 2.75) is 0 Å².